The summed E-state index contributed by atoms with van der Waals surface area (Å²) in [5.41, 5.74) is 0.374. The molecule has 0 saturated carbocycles. The molecule has 0 spiro atoms. The third-order valence-corrected chi connectivity index (χ3v) is 7.15. The number of hydrogen-bond acceptors (Lipinski definition) is 5. The molecule has 0 unspecified atom stereocenters. The average molecular weight is 412 g/mol. The molecule has 158 valence electrons. The molecule has 1 amide bonds. The van der Waals surface area contributed by atoms with Gasteiger partial charge in [-0.2, -0.15) is 4.31 Å². The van der Waals surface area contributed by atoms with Crippen LogP contribution in [0.3, 0.4) is 0 Å². The summed E-state index contributed by atoms with van der Waals surface area (Å²) in [5, 5.41) is 2.84. The van der Waals surface area contributed by atoms with Crippen LogP contribution in [0.5, 0.6) is 5.75 Å². The van der Waals surface area contributed by atoms with Gasteiger partial charge >= 0.3 is 0 Å². The molecule has 0 radical (unpaired) electrons. The van der Waals surface area contributed by atoms with Gasteiger partial charge in [0, 0.05) is 26.2 Å². The van der Waals surface area contributed by atoms with Crippen molar-refractivity contribution in [3.63, 3.8) is 0 Å². The number of nitrogens with one attached hydrogen (secondary N) is 1. The van der Waals surface area contributed by atoms with Gasteiger partial charge in [0.25, 0.3) is 0 Å². The maximum absolute atomic E-state index is 12.8. The zero-order valence-corrected chi connectivity index (χ0v) is 18.4. The third kappa shape index (κ3) is 5.46. The number of rotatable bonds is 8. The highest BCUT2D eigenvalue weighted by atomic mass is 32.2. The third-order valence-electron chi connectivity index (χ3n) is 5.10. The Hall–Kier alpha value is -1.64. The highest BCUT2D eigenvalue weighted by Gasteiger charge is 2.25. The first-order valence-corrected chi connectivity index (χ1v) is 11.4. The number of carbonyl (C=O) groups excluding carboxylic acids is 1. The van der Waals surface area contributed by atoms with Crippen LogP contribution in [-0.4, -0.2) is 63.4 Å². The lowest BCUT2D eigenvalue weighted by Crippen LogP contribution is -2.42. The Morgan fingerprint density at radius 1 is 1.21 bits per heavy atom. The van der Waals surface area contributed by atoms with Gasteiger partial charge < -0.3 is 10.1 Å². The number of anilines is 1. The molecule has 8 heteroatoms. The van der Waals surface area contributed by atoms with Crippen LogP contribution in [-0.2, 0) is 14.8 Å². The number of methoxy groups -OCH3 is 1. The standard InChI is InChI=1S/C20H33N3O4S/c1-6-23(7-2)28(25,26)17-8-9-19(27-5)18(11-17)21-20(24)14-22-12-15(3)10-16(4)13-22/h8-9,11,15-16H,6-7,10,12-14H2,1-5H3,(H,21,24)/t15-,16-/m1/s1. The molecule has 1 N–H and O–H groups in total. The number of sulfonamides is 1. The van der Waals surface area contributed by atoms with E-state index >= 15 is 0 Å². The number of hydrogen-bond donors (Lipinski definition) is 1. The van der Waals surface area contributed by atoms with E-state index in [2.05, 4.69) is 24.1 Å². The van der Waals surface area contributed by atoms with E-state index in [4.69, 9.17) is 4.74 Å². The molecule has 1 aliphatic heterocycles. The molecule has 1 aromatic carbocycles. The minimum absolute atomic E-state index is 0.146. The number of likely N-dealkylation sites (tertiary alicyclic amines) is 1. The van der Waals surface area contributed by atoms with E-state index in [1.54, 1.807) is 19.9 Å². The summed E-state index contributed by atoms with van der Waals surface area (Å²) in [6, 6.07) is 4.57. The predicted molar refractivity (Wildman–Crippen MR) is 111 cm³/mol. The second-order valence-electron chi connectivity index (χ2n) is 7.64. The molecule has 1 saturated heterocycles. The number of benzene rings is 1. The Morgan fingerprint density at radius 2 is 1.82 bits per heavy atom. The molecule has 1 fully saturated rings. The lowest BCUT2D eigenvalue weighted by atomic mass is 9.92. The van der Waals surface area contributed by atoms with E-state index in [0.717, 1.165) is 13.1 Å². The Bertz CT molecular complexity index is 768. The van der Waals surface area contributed by atoms with E-state index in [0.29, 0.717) is 36.4 Å². The molecule has 0 aliphatic carbocycles. The van der Waals surface area contributed by atoms with Gasteiger partial charge in [-0.05, 0) is 36.5 Å². The average Bonchev–Trinajstić information content (AvgIpc) is 2.61. The fourth-order valence-corrected chi connectivity index (χ4v) is 5.46. The van der Waals surface area contributed by atoms with Crippen LogP contribution in [0.4, 0.5) is 5.69 Å². The maximum Gasteiger partial charge on any atom is 0.243 e. The fourth-order valence-electron chi connectivity index (χ4n) is 3.97. The summed E-state index contributed by atoms with van der Waals surface area (Å²) in [5.74, 6) is 1.39. The quantitative estimate of drug-likeness (QED) is 0.711. The van der Waals surface area contributed by atoms with Crippen molar-refractivity contribution in [2.75, 3.05) is 45.2 Å². The van der Waals surface area contributed by atoms with E-state index in [9.17, 15) is 13.2 Å². The summed E-state index contributed by atoms with van der Waals surface area (Å²) < 4.78 is 32.3. The molecule has 1 aromatic rings. The summed E-state index contributed by atoms with van der Waals surface area (Å²) in [4.78, 5) is 14.9. The van der Waals surface area contributed by atoms with Crippen molar-refractivity contribution in [1.29, 1.82) is 0 Å². The minimum atomic E-state index is -3.61. The highest BCUT2D eigenvalue weighted by Crippen LogP contribution is 2.29. The van der Waals surface area contributed by atoms with E-state index in [1.165, 1.54) is 30.0 Å². The molecule has 28 heavy (non-hydrogen) atoms. The lowest BCUT2D eigenvalue weighted by molar-refractivity contribution is -0.117. The van der Waals surface area contributed by atoms with Crippen molar-refractivity contribution < 1.29 is 17.9 Å². The molecule has 0 aromatic heterocycles. The Balaban J connectivity index is 2.19. The van der Waals surface area contributed by atoms with Crippen molar-refractivity contribution in [3.05, 3.63) is 18.2 Å². The first-order valence-electron chi connectivity index (χ1n) is 9.91. The summed E-state index contributed by atoms with van der Waals surface area (Å²) in [7, 11) is -2.11. The molecule has 7 nitrogen and oxygen atoms in total. The number of ether oxygens (including phenoxy) is 1. The van der Waals surface area contributed by atoms with Crippen LogP contribution in [0.25, 0.3) is 0 Å². The van der Waals surface area contributed by atoms with Crippen LogP contribution in [0.2, 0.25) is 0 Å². The zero-order valence-electron chi connectivity index (χ0n) is 17.6. The summed E-state index contributed by atoms with van der Waals surface area (Å²) in [6.45, 7) is 10.8. The first kappa shape index (κ1) is 22.6. The van der Waals surface area contributed by atoms with Gasteiger partial charge in [-0.15, -0.1) is 0 Å². The number of amides is 1. The van der Waals surface area contributed by atoms with E-state index in [1.807, 2.05) is 0 Å². The predicted octanol–water partition coefficient (Wildman–Crippen LogP) is 2.64. The van der Waals surface area contributed by atoms with E-state index < -0.39 is 10.0 Å². The normalized spacial score (nSPS) is 20.9. The minimum Gasteiger partial charge on any atom is -0.495 e. The van der Waals surface area contributed by atoms with Gasteiger partial charge in [0.2, 0.25) is 15.9 Å². The second kappa shape index (κ2) is 9.71. The second-order valence-corrected chi connectivity index (χ2v) is 9.58. The van der Waals surface area contributed by atoms with Gasteiger partial charge in [0.1, 0.15) is 5.75 Å². The highest BCUT2D eigenvalue weighted by molar-refractivity contribution is 7.89. The Labute approximate surface area is 169 Å². The smallest absolute Gasteiger partial charge is 0.243 e. The summed E-state index contributed by atoms with van der Waals surface area (Å²) in [6.07, 6.45) is 1.18. The summed E-state index contributed by atoms with van der Waals surface area (Å²) >= 11 is 0. The van der Waals surface area contributed by atoms with Crippen LogP contribution in [0.1, 0.15) is 34.1 Å². The van der Waals surface area contributed by atoms with Crippen molar-refractivity contribution in [3.8, 4) is 5.75 Å². The van der Waals surface area contributed by atoms with Gasteiger partial charge in [-0.25, -0.2) is 8.42 Å². The topological polar surface area (TPSA) is 79.0 Å². The SMILES string of the molecule is CCN(CC)S(=O)(=O)c1ccc(OC)c(NC(=O)CN2C[C@H](C)C[C@@H](C)C2)c1. The van der Waals surface area contributed by atoms with E-state index in [-0.39, 0.29) is 17.3 Å². The van der Waals surface area contributed by atoms with Crippen LogP contribution in [0, 0.1) is 11.8 Å². The monoisotopic (exact) mass is 411 g/mol. The van der Waals surface area contributed by atoms with Crippen molar-refractivity contribution in [1.82, 2.24) is 9.21 Å². The van der Waals surface area contributed by atoms with Crippen LogP contribution < -0.4 is 10.1 Å². The Kier molecular flexibility index (Phi) is 7.86. The van der Waals surface area contributed by atoms with Crippen molar-refractivity contribution in [2.45, 2.75) is 39.0 Å². The molecular weight excluding hydrogens is 378 g/mol. The van der Waals surface area contributed by atoms with Gasteiger partial charge in [-0.3, -0.25) is 9.69 Å². The lowest BCUT2D eigenvalue weighted by Gasteiger charge is -2.34. The van der Waals surface area contributed by atoms with Crippen LogP contribution >= 0.6 is 0 Å². The molecule has 0 bridgehead atoms. The number of piperidine rings is 1. The first-order chi connectivity index (χ1) is 13.2. The van der Waals surface area contributed by atoms with Gasteiger partial charge in [-0.1, -0.05) is 27.7 Å². The maximum atomic E-state index is 12.8. The number of carbonyl (C=O) groups is 1. The van der Waals surface area contributed by atoms with Gasteiger partial charge in [0.05, 0.1) is 24.2 Å². The number of nitrogens with zero attached hydrogens (tertiary/aromatic N) is 2. The zero-order chi connectivity index (χ0) is 20.9. The van der Waals surface area contributed by atoms with Crippen molar-refractivity contribution in [2.24, 2.45) is 11.8 Å². The van der Waals surface area contributed by atoms with Gasteiger partial charge in [0.15, 0.2) is 0 Å². The Morgan fingerprint density at radius 3 is 2.36 bits per heavy atom. The molecule has 2 rings (SSSR count). The largest absolute Gasteiger partial charge is 0.495 e. The molecule has 2 atom stereocenters. The molecular formula is C20H33N3O4S. The van der Waals surface area contributed by atoms with Crippen molar-refractivity contribution >= 4 is 21.6 Å². The molecule has 1 heterocycles. The molecule has 1 aliphatic rings. The fraction of sp³-hybridized carbons (Fsp3) is 0.650. The van der Waals surface area contributed by atoms with Crippen LogP contribution in [0.15, 0.2) is 23.1 Å².